The Morgan fingerprint density at radius 1 is 0.962 bits per heavy atom. The van der Waals surface area contributed by atoms with Gasteiger partial charge in [0.2, 0.25) is 0 Å². The first kappa shape index (κ1) is 17.0. The van der Waals surface area contributed by atoms with Crippen LogP contribution in [-0.4, -0.2) is 21.7 Å². The number of para-hydroxylation sites is 1. The number of nitrogens with one attached hydrogen (secondary N) is 2. The third-order valence-electron chi connectivity index (χ3n) is 3.87. The molecule has 0 saturated carbocycles. The summed E-state index contributed by atoms with van der Waals surface area (Å²) in [5.74, 6) is -1.24. The number of nitro groups is 1. The standard InChI is InChI=1S/C18H14N4O4/c1-11-13(6-4-8-16(11)22(25)26)17(23)20-21-18(24)15-10-9-12-5-2-3-7-14(12)19-15/h2-10H,1H3,(H,20,23)(H,21,24). The van der Waals surface area contributed by atoms with Crippen LogP contribution in [0.4, 0.5) is 5.69 Å². The lowest BCUT2D eigenvalue weighted by Crippen LogP contribution is -2.42. The summed E-state index contributed by atoms with van der Waals surface area (Å²) in [6.07, 6.45) is 0. The van der Waals surface area contributed by atoms with Gasteiger partial charge in [-0.2, -0.15) is 0 Å². The molecule has 0 atom stereocenters. The summed E-state index contributed by atoms with van der Waals surface area (Å²) in [7, 11) is 0. The topological polar surface area (TPSA) is 114 Å². The van der Waals surface area contributed by atoms with E-state index in [9.17, 15) is 19.7 Å². The van der Waals surface area contributed by atoms with E-state index in [1.165, 1.54) is 25.1 Å². The molecule has 0 radical (unpaired) electrons. The van der Waals surface area contributed by atoms with E-state index in [1.54, 1.807) is 18.2 Å². The summed E-state index contributed by atoms with van der Waals surface area (Å²) in [5, 5.41) is 11.8. The highest BCUT2D eigenvalue weighted by Crippen LogP contribution is 2.20. The van der Waals surface area contributed by atoms with Crippen molar-refractivity contribution in [2.24, 2.45) is 0 Å². The molecule has 0 unspecified atom stereocenters. The summed E-state index contributed by atoms with van der Waals surface area (Å²) in [4.78, 5) is 39.0. The lowest BCUT2D eigenvalue weighted by molar-refractivity contribution is -0.385. The molecule has 0 fully saturated rings. The van der Waals surface area contributed by atoms with E-state index in [4.69, 9.17) is 0 Å². The van der Waals surface area contributed by atoms with Crippen LogP contribution in [-0.2, 0) is 0 Å². The van der Waals surface area contributed by atoms with Crippen LogP contribution in [0.15, 0.2) is 54.6 Å². The van der Waals surface area contributed by atoms with Gasteiger partial charge in [0.1, 0.15) is 5.69 Å². The zero-order valence-corrected chi connectivity index (χ0v) is 13.7. The van der Waals surface area contributed by atoms with Gasteiger partial charge in [0.25, 0.3) is 17.5 Å². The summed E-state index contributed by atoms with van der Waals surface area (Å²) in [6, 6.07) is 14.8. The molecule has 0 spiro atoms. The van der Waals surface area contributed by atoms with Gasteiger partial charge in [-0.05, 0) is 25.1 Å². The number of hydrazine groups is 1. The largest absolute Gasteiger partial charge is 0.288 e. The number of pyridine rings is 1. The van der Waals surface area contributed by atoms with Crippen LogP contribution in [0.2, 0.25) is 0 Å². The smallest absolute Gasteiger partial charge is 0.267 e. The molecule has 1 aromatic heterocycles. The van der Waals surface area contributed by atoms with Gasteiger partial charge in [-0.15, -0.1) is 0 Å². The van der Waals surface area contributed by atoms with Crippen molar-refractivity contribution in [3.8, 4) is 0 Å². The molecule has 3 rings (SSSR count). The average Bonchev–Trinajstić information content (AvgIpc) is 2.65. The lowest BCUT2D eigenvalue weighted by atomic mass is 10.1. The van der Waals surface area contributed by atoms with Crippen molar-refractivity contribution in [3.63, 3.8) is 0 Å². The summed E-state index contributed by atoms with van der Waals surface area (Å²) in [5.41, 5.74) is 5.46. The summed E-state index contributed by atoms with van der Waals surface area (Å²) < 4.78 is 0. The second-order valence-electron chi connectivity index (χ2n) is 5.50. The van der Waals surface area contributed by atoms with Crippen molar-refractivity contribution < 1.29 is 14.5 Å². The third kappa shape index (κ3) is 3.34. The Bertz CT molecular complexity index is 1030. The zero-order valence-electron chi connectivity index (χ0n) is 13.7. The fraction of sp³-hybridized carbons (Fsp3) is 0.0556. The number of hydrogen-bond donors (Lipinski definition) is 2. The minimum absolute atomic E-state index is 0.103. The molecule has 8 heteroatoms. The lowest BCUT2D eigenvalue weighted by Gasteiger charge is -2.09. The van der Waals surface area contributed by atoms with Crippen molar-refractivity contribution in [1.29, 1.82) is 0 Å². The molecule has 2 aromatic carbocycles. The minimum atomic E-state index is -0.652. The van der Waals surface area contributed by atoms with Crippen molar-refractivity contribution in [1.82, 2.24) is 15.8 Å². The molecule has 130 valence electrons. The van der Waals surface area contributed by atoms with Crippen LogP contribution in [0.1, 0.15) is 26.4 Å². The number of hydrogen-bond acceptors (Lipinski definition) is 5. The molecule has 2 amide bonds. The second kappa shape index (κ2) is 6.98. The van der Waals surface area contributed by atoms with Crippen molar-refractivity contribution in [2.75, 3.05) is 0 Å². The molecule has 0 aliphatic heterocycles. The Labute approximate surface area is 148 Å². The van der Waals surface area contributed by atoms with Crippen LogP contribution < -0.4 is 10.9 Å². The number of fused-ring (bicyclic) bond motifs is 1. The van der Waals surface area contributed by atoms with Gasteiger partial charge in [0, 0.05) is 17.0 Å². The van der Waals surface area contributed by atoms with Crippen molar-refractivity contribution in [3.05, 3.63) is 81.5 Å². The Hall–Kier alpha value is -3.81. The van der Waals surface area contributed by atoms with E-state index < -0.39 is 16.7 Å². The Balaban J connectivity index is 1.73. The van der Waals surface area contributed by atoms with Gasteiger partial charge in [-0.25, -0.2) is 4.98 Å². The van der Waals surface area contributed by atoms with Crippen LogP contribution in [0.25, 0.3) is 10.9 Å². The number of carbonyl (C=O) groups excluding carboxylic acids is 2. The predicted molar refractivity (Wildman–Crippen MR) is 94.5 cm³/mol. The van der Waals surface area contributed by atoms with Gasteiger partial charge in [0.05, 0.1) is 16.0 Å². The molecule has 8 nitrogen and oxygen atoms in total. The summed E-state index contributed by atoms with van der Waals surface area (Å²) >= 11 is 0. The first-order valence-corrected chi connectivity index (χ1v) is 7.68. The molecule has 3 aromatic rings. The average molecular weight is 350 g/mol. The molecule has 0 saturated heterocycles. The normalized spacial score (nSPS) is 10.3. The fourth-order valence-corrected chi connectivity index (χ4v) is 2.50. The molecule has 2 N–H and O–H groups in total. The molecule has 0 bridgehead atoms. The quantitative estimate of drug-likeness (QED) is 0.556. The van der Waals surface area contributed by atoms with E-state index in [2.05, 4.69) is 15.8 Å². The maximum atomic E-state index is 12.2. The first-order chi connectivity index (χ1) is 12.5. The minimum Gasteiger partial charge on any atom is -0.267 e. The van der Waals surface area contributed by atoms with E-state index in [0.29, 0.717) is 5.52 Å². The number of nitro benzene ring substituents is 1. The first-order valence-electron chi connectivity index (χ1n) is 7.68. The number of nitrogens with zero attached hydrogens (tertiary/aromatic N) is 2. The molecular weight excluding hydrogens is 336 g/mol. The summed E-state index contributed by atoms with van der Waals surface area (Å²) in [6.45, 7) is 1.47. The van der Waals surface area contributed by atoms with E-state index in [0.717, 1.165) is 5.39 Å². The molecule has 0 aliphatic carbocycles. The molecule has 0 aliphatic rings. The Kier molecular flexibility index (Phi) is 4.57. The van der Waals surface area contributed by atoms with Gasteiger partial charge < -0.3 is 0 Å². The highest BCUT2D eigenvalue weighted by Gasteiger charge is 2.18. The number of amides is 2. The third-order valence-corrected chi connectivity index (χ3v) is 3.87. The maximum Gasteiger partial charge on any atom is 0.288 e. The van der Waals surface area contributed by atoms with E-state index in [1.807, 2.05) is 18.2 Å². The molecule has 26 heavy (non-hydrogen) atoms. The molecular formula is C18H14N4O4. The second-order valence-corrected chi connectivity index (χ2v) is 5.50. The number of benzene rings is 2. The zero-order chi connectivity index (χ0) is 18.7. The molecule has 1 heterocycles. The Morgan fingerprint density at radius 3 is 2.46 bits per heavy atom. The van der Waals surface area contributed by atoms with Gasteiger partial charge >= 0.3 is 0 Å². The fourth-order valence-electron chi connectivity index (χ4n) is 2.50. The van der Waals surface area contributed by atoms with E-state index in [-0.39, 0.29) is 22.5 Å². The predicted octanol–water partition coefficient (Wildman–Crippen LogP) is 2.53. The maximum absolute atomic E-state index is 12.2. The number of rotatable bonds is 3. The van der Waals surface area contributed by atoms with Crippen LogP contribution in [0.5, 0.6) is 0 Å². The highest BCUT2D eigenvalue weighted by atomic mass is 16.6. The Morgan fingerprint density at radius 2 is 1.69 bits per heavy atom. The van der Waals surface area contributed by atoms with Gasteiger partial charge in [0.15, 0.2) is 0 Å². The number of aromatic nitrogens is 1. The van der Waals surface area contributed by atoms with Crippen LogP contribution >= 0.6 is 0 Å². The monoisotopic (exact) mass is 350 g/mol. The van der Waals surface area contributed by atoms with Gasteiger partial charge in [-0.3, -0.25) is 30.6 Å². The highest BCUT2D eigenvalue weighted by molar-refractivity contribution is 6.00. The SMILES string of the molecule is Cc1c(C(=O)NNC(=O)c2ccc3ccccc3n2)cccc1[N+](=O)[O-]. The van der Waals surface area contributed by atoms with Gasteiger partial charge in [-0.1, -0.05) is 30.3 Å². The van der Waals surface area contributed by atoms with Crippen LogP contribution in [0.3, 0.4) is 0 Å². The van der Waals surface area contributed by atoms with E-state index >= 15 is 0 Å². The van der Waals surface area contributed by atoms with Crippen molar-refractivity contribution >= 4 is 28.4 Å². The van der Waals surface area contributed by atoms with Crippen LogP contribution in [0, 0.1) is 17.0 Å². The van der Waals surface area contributed by atoms with Crippen molar-refractivity contribution in [2.45, 2.75) is 6.92 Å². The number of carbonyl (C=O) groups is 2.